The van der Waals surface area contributed by atoms with Gasteiger partial charge in [0, 0.05) is 19.1 Å². The molecule has 0 atom stereocenters. The third-order valence-corrected chi connectivity index (χ3v) is 5.05. The van der Waals surface area contributed by atoms with Crippen molar-refractivity contribution in [1.29, 1.82) is 0 Å². The van der Waals surface area contributed by atoms with E-state index in [1.807, 2.05) is 0 Å². The number of rotatable bonds is 4. The fourth-order valence-corrected chi connectivity index (χ4v) is 3.51. The van der Waals surface area contributed by atoms with Gasteiger partial charge in [-0.2, -0.15) is 0 Å². The molecule has 0 spiro atoms. The van der Waals surface area contributed by atoms with Crippen LogP contribution in [-0.4, -0.2) is 32.5 Å². The van der Waals surface area contributed by atoms with Gasteiger partial charge in [-0.05, 0) is 24.6 Å². The molecule has 0 fully saturated rings. The van der Waals surface area contributed by atoms with Crippen molar-refractivity contribution in [2.45, 2.75) is 11.8 Å². The zero-order valence-electron chi connectivity index (χ0n) is 12.1. The van der Waals surface area contributed by atoms with Gasteiger partial charge < -0.3 is 4.90 Å². The second-order valence-corrected chi connectivity index (χ2v) is 7.27. The molecular formula is C13H14Cl2N4O2S. The Balaban J connectivity index is 2.33. The smallest absolute Gasteiger partial charge is 0.263 e. The van der Waals surface area contributed by atoms with Crippen molar-refractivity contribution in [3.05, 3.63) is 40.1 Å². The van der Waals surface area contributed by atoms with Crippen LogP contribution < -0.4 is 9.62 Å². The fraction of sp³-hybridized carbons (Fsp3) is 0.231. The van der Waals surface area contributed by atoms with Crippen LogP contribution >= 0.6 is 23.2 Å². The summed E-state index contributed by atoms with van der Waals surface area (Å²) in [6, 6.07) is 2.82. The van der Waals surface area contributed by atoms with Crippen molar-refractivity contribution >= 4 is 44.9 Å². The minimum atomic E-state index is -3.85. The lowest BCUT2D eigenvalue weighted by atomic mass is 10.2. The number of aryl methyl sites for hydroxylation is 1. The van der Waals surface area contributed by atoms with Gasteiger partial charge in [-0.3, -0.25) is 4.72 Å². The van der Waals surface area contributed by atoms with Crippen LogP contribution in [0.25, 0.3) is 0 Å². The third-order valence-electron chi connectivity index (χ3n) is 2.79. The van der Waals surface area contributed by atoms with Gasteiger partial charge in [0.25, 0.3) is 10.0 Å². The highest BCUT2D eigenvalue weighted by Crippen LogP contribution is 2.29. The predicted octanol–water partition coefficient (Wildman–Crippen LogP) is 2.96. The summed E-state index contributed by atoms with van der Waals surface area (Å²) < 4.78 is 27.2. The van der Waals surface area contributed by atoms with E-state index in [0.717, 1.165) is 0 Å². The molecule has 2 aromatic rings. The Morgan fingerprint density at radius 3 is 2.23 bits per heavy atom. The molecular weight excluding hydrogens is 347 g/mol. The standard InChI is InChI=1S/C13H14Cl2N4O2S/c1-8-4-12(11(15)5-10(8)14)22(20,21)18-9-6-16-13(17-7-9)19(2)3/h4-7,18H,1-3H3. The van der Waals surface area contributed by atoms with Crippen molar-refractivity contribution in [2.24, 2.45) is 0 Å². The molecule has 1 heterocycles. The number of hydrogen-bond donors (Lipinski definition) is 1. The van der Waals surface area contributed by atoms with Gasteiger partial charge in [-0.25, -0.2) is 18.4 Å². The Morgan fingerprint density at radius 1 is 1.09 bits per heavy atom. The van der Waals surface area contributed by atoms with E-state index in [-0.39, 0.29) is 15.6 Å². The second kappa shape index (κ2) is 6.28. The first kappa shape index (κ1) is 16.8. The fourth-order valence-electron chi connectivity index (χ4n) is 1.65. The molecule has 0 amide bonds. The molecule has 1 N–H and O–H groups in total. The number of hydrogen-bond acceptors (Lipinski definition) is 5. The molecule has 0 unspecified atom stereocenters. The van der Waals surface area contributed by atoms with E-state index in [9.17, 15) is 8.42 Å². The maximum atomic E-state index is 12.4. The first-order chi connectivity index (χ1) is 10.2. The van der Waals surface area contributed by atoms with E-state index >= 15 is 0 Å². The number of anilines is 2. The van der Waals surface area contributed by atoms with E-state index in [1.165, 1.54) is 24.5 Å². The first-order valence-electron chi connectivity index (χ1n) is 6.18. The van der Waals surface area contributed by atoms with Crippen LogP contribution in [0.4, 0.5) is 11.6 Å². The minimum absolute atomic E-state index is 0.0484. The van der Waals surface area contributed by atoms with E-state index < -0.39 is 10.0 Å². The number of nitrogens with zero attached hydrogens (tertiary/aromatic N) is 3. The third kappa shape index (κ3) is 3.60. The summed E-state index contributed by atoms with van der Waals surface area (Å²) in [6.45, 7) is 1.70. The summed E-state index contributed by atoms with van der Waals surface area (Å²) in [5.74, 6) is 0.475. The molecule has 0 aliphatic carbocycles. The Hall–Kier alpha value is -1.57. The maximum Gasteiger partial charge on any atom is 0.263 e. The first-order valence-corrected chi connectivity index (χ1v) is 8.42. The van der Waals surface area contributed by atoms with Gasteiger partial charge >= 0.3 is 0 Å². The lowest BCUT2D eigenvalue weighted by Gasteiger charge is -2.12. The summed E-state index contributed by atoms with van der Waals surface area (Å²) in [5, 5.41) is 0.455. The van der Waals surface area contributed by atoms with E-state index in [1.54, 1.807) is 25.9 Å². The molecule has 9 heteroatoms. The SMILES string of the molecule is Cc1cc(S(=O)(=O)Nc2cnc(N(C)C)nc2)c(Cl)cc1Cl. The van der Waals surface area contributed by atoms with Crippen LogP contribution in [0, 0.1) is 6.92 Å². The second-order valence-electron chi connectivity index (χ2n) is 4.80. The average molecular weight is 361 g/mol. The Kier molecular flexibility index (Phi) is 4.79. The molecule has 0 bridgehead atoms. The van der Waals surface area contributed by atoms with Crippen molar-refractivity contribution in [2.75, 3.05) is 23.7 Å². The molecule has 0 aliphatic heterocycles. The van der Waals surface area contributed by atoms with E-state index in [0.29, 0.717) is 16.5 Å². The Morgan fingerprint density at radius 2 is 1.68 bits per heavy atom. The highest BCUT2D eigenvalue weighted by atomic mass is 35.5. The van der Waals surface area contributed by atoms with Crippen LogP contribution in [0.3, 0.4) is 0 Å². The summed E-state index contributed by atoms with van der Waals surface area (Å²) >= 11 is 11.9. The molecule has 2 rings (SSSR count). The molecule has 0 radical (unpaired) electrons. The molecule has 22 heavy (non-hydrogen) atoms. The largest absolute Gasteiger partial charge is 0.347 e. The summed E-state index contributed by atoms with van der Waals surface area (Å²) in [5.41, 5.74) is 0.861. The monoisotopic (exact) mass is 360 g/mol. The van der Waals surface area contributed by atoms with Gasteiger partial charge in [0.1, 0.15) is 4.90 Å². The van der Waals surface area contributed by atoms with Crippen molar-refractivity contribution in [1.82, 2.24) is 9.97 Å². The average Bonchev–Trinajstić information content (AvgIpc) is 2.42. The lowest BCUT2D eigenvalue weighted by Crippen LogP contribution is -2.16. The van der Waals surface area contributed by atoms with Gasteiger partial charge in [-0.15, -0.1) is 0 Å². The number of aromatic nitrogens is 2. The van der Waals surface area contributed by atoms with Gasteiger partial charge in [0.15, 0.2) is 0 Å². The van der Waals surface area contributed by atoms with E-state index in [4.69, 9.17) is 23.2 Å². The molecule has 0 saturated heterocycles. The number of sulfonamides is 1. The molecule has 6 nitrogen and oxygen atoms in total. The number of nitrogens with one attached hydrogen (secondary N) is 1. The Bertz CT molecular complexity index is 792. The highest BCUT2D eigenvalue weighted by molar-refractivity contribution is 7.92. The lowest BCUT2D eigenvalue weighted by molar-refractivity contribution is 0.601. The molecule has 1 aromatic carbocycles. The highest BCUT2D eigenvalue weighted by Gasteiger charge is 2.20. The van der Waals surface area contributed by atoms with Gasteiger partial charge in [0.2, 0.25) is 5.95 Å². The predicted molar refractivity (Wildman–Crippen MR) is 88.4 cm³/mol. The van der Waals surface area contributed by atoms with E-state index in [2.05, 4.69) is 14.7 Å². The summed E-state index contributed by atoms with van der Waals surface area (Å²) in [7, 11) is -0.276. The van der Waals surface area contributed by atoms with Crippen LogP contribution in [0.2, 0.25) is 10.0 Å². The topological polar surface area (TPSA) is 75.2 Å². The number of halogens is 2. The molecule has 0 saturated carbocycles. The summed E-state index contributed by atoms with van der Waals surface area (Å²) in [6.07, 6.45) is 2.77. The zero-order chi connectivity index (χ0) is 16.5. The maximum absolute atomic E-state index is 12.4. The van der Waals surface area contributed by atoms with Crippen LogP contribution in [-0.2, 0) is 10.0 Å². The quantitative estimate of drug-likeness (QED) is 0.906. The van der Waals surface area contributed by atoms with Crippen LogP contribution in [0.5, 0.6) is 0 Å². The van der Waals surface area contributed by atoms with Crippen LogP contribution in [0.1, 0.15) is 5.56 Å². The molecule has 0 aliphatic rings. The summed E-state index contributed by atoms with van der Waals surface area (Å²) in [4.78, 5) is 9.75. The van der Waals surface area contributed by atoms with Crippen molar-refractivity contribution < 1.29 is 8.42 Å². The Labute approximate surface area is 139 Å². The molecule has 118 valence electrons. The number of benzene rings is 1. The zero-order valence-corrected chi connectivity index (χ0v) is 14.5. The molecule has 1 aromatic heterocycles. The van der Waals surface area contributed by atoms with Gasteiger partial charge in [-0.1, -0.05) is 23.2 Å². The van der Waals surface area contributed by atoms with Crippen molar-refractivity contribution in [3.63, 3.8) is 0 Å². The van der Waals surface area contributed by atoms with Crippen molar-refractivity contribution in [3.8, 4) is 0 Å². The van der Waals surface area contributed by atoms with Gasteiger partial charge in [0.05, 0.1) is 23.1 Å². The van der Waals surface area contributed by atoms with Crippen LogP contribution in [0.15, 0.2) is 29.4 Å². The normalized spacial score (nSPS) is 11.3. The minimum Gasteiger partial charge on any atom is -0.347 e.